The molecule has 2 rings (SSSR count). The minimum absolute atomic E-state index is 0.0916. The molecular formula is C15H15F2NO3S2. The number of rotatable bonds is 6. The quantitative estimate of drug-likeness (QED) is 0.569. The van der Waals surface area contributed by atoms with Gasteiger partial charge in [0.15, 0.2) is 11.5 Å². The number of nitrogens with zero attached hydrogens (tertiary/aromatic N) is 1. The van der Waals surface area contributed by atoms with E-state index in [0.29, 0.717) is 27.9 Å². The lowest BCUT2D eigenvalue weighted by atomic mass is 10.1. The third-order valence-electron chi connectivity index (χ3n) is 2.99. The average molecular weight is 359 g/mol. The van der Waals surface area contributed by atoms with Crippen molar-refractivity contribution in [2.24, 2.45) is 0 Å². The summed E-state index contributed by atoms with van der Waals surface area (Å²) in [7, 11) is 0. The Morgan fingerprint density at radius 2 is 2.13 bits per heavy atom. The molecule has 0 atom stereocenters. The predicted octanol–water partition coefficient (Wildman–Crippen LogP) is 3.91. The van der Waals surface area contributed by atoms with Crippen molar-refractivity contribution in [1.82, 2.24) is 4.90 Å². The molecule has 0 bridgehead atoms. The van der Waals surface area contributed by atoms with Gasteiger partial charge in [0.1, 0.15) is 4.32 Å². The van der Waals surface area contributed by atoms with Crippen molar-refractivity contribution in [2.45, 2.75) is 20.5 Å². The van der Waals surface area contributed by atoms with Crippen molar-refractivity contribution < 1.29 is 23.0 Å². The van der Waals surface area contributed by atoms with Crippen LogP contribution in [0.4, 0.5) is 8.78 Å². The van der Waals surface area contributed by atoms with Gasteiger partial charge in [-0.25, -0.2) is 0 Å². The fourth-order valence-electron chi connectivity index (χ4n) is 2.04. The number of thioether (sulfide) groups is 1. The predicted molar refractivity (Wildman–Crippen MR) is 89.8 cm³/mol. The van der Waals surface area contributed by atoms with Crippen LogP contribution in [0.2, 0.25) is 0 Å². The normalized spacial score (nSPS) is 16.6. The molecule has 0 N–H and O–H groups in total. The molecular weight excluding hydrogens is 344 g/mol. The van der Waals surface area contributed by atoms with Crippen LogP contribution in [0.15, 0.2) is 23.1 Å². The lowest BCUT2D eigenvalue weighted by Gasteiger charge is -2.14. The molecule has 1 amide bonds. The molecule has 0 aliphatic carbocycles. The fraction of sp³-hybridized carbons (Fsp3) is 0.333. The number of amides is 1. The molecule has 23 heavy (non-hydrogen) atoms. The molecule has 1 aromatic carbocycles. The van der Waals surface area contributed by atoms with Crippen LogP contribution >= 0.6 is 24.0 Å². The van der Waals surface area contributed by atoms with Gasteiger partial charge >= 0.3 is 6.61 Å². The maximum absolute atomic E-state index is 12.7. The number of ether oxygens (including phenoxy) is 2. The summed E-state index contributed by atoms with van der Waals surface area (Å²) in [4.78, 5) is 14.0. The van der Waals surface area contributed by atoms with Crippen LogP contribution in [-0.4, -0.2) is 34.9 Å². The molecule has 0 saturated carbocycles. The second-order valence-electron chi connectivity index (χ2n) is 4.41. The Hall–Kier alpha value is -1.67. The summed E-state index contributed by atoms with van der Waals surface area (Å²) in [5, 5.41) is 0. The van der Waals surface area contributed by atoms with E-state index in [4.69, 9.17) is 17.0 Å². The van der Waals surface area contributed by atoms with E-state index >= 15 is 0 Å². The number of benzene rings is 1. The number of likely N-dealkylation sites (N-methyl/N-ethyl adjacent to an activating group) is 1. The van der Waals surface area contributed by atoms with Crippen LogP contribution in [-0.2, 0) is 4.79 Å². The van der Waals surface area contributed by atoms with Gasteiger partial charge in [-0.05, 0) is 26.0 Å². The summed E-state index contributed by atoms with van der Waals surface area (Å²) in [5.74, 6) is -0.133. The molecule has 1 aliphatic heterocycles. The van der Waals surface area contributed by atoms with Crippen LogP contribution in [0.5, 0.6) is 11.5 Å². The molecule has 124 valence electrons. The highest BCUT2D eigenvalue weighted by Crippen LogP contribution is 2.38. The lowest BCUT2D eigenvalue weighted by molar-refractivity contribution is -0.121. The minimum Gasteiger partial charge on any atom is -0.490 e. The SMILES string of the molecule is CCOc1cccc(/C=C2\SC(=S)N(CC)C2=O)c1OC(F)F. The molecule has 1 aromatic rings. The van der Waals surface area contributed by atoms with Crippen LogP contribution in [0.3, 0.4) is 0 Å². The Balaban J connectivity index is 2.43. The molecule has 0 spiro atoms. The molecule has 0 unspecified atom stereocenters. The fourth-order valence-corrected chi connectivity index (χ4v) is 3.42. The highest BCUT2D eigenvalue weighted by molar-refractivity contribution is 8.26. The molecule has 8 heteroatoms. The van der Waals surface area contributed by atoms with Crippen LogP contribution in [0.25, 0.3) is 6.08 Å². The van der Waals surface area contributed by atoms with Gasteiger partial charge in [0.05, 0.1) is 11.5 Å². The first-order valence-electron chi connectivity index (χ1n) is 6.93. The molecule has 0 aromatic heterocycles. The Labute approximate surface area is 142 Å². The van der Waals surface area contributed by atoms with E-state index in [1.54, 1.807) is 19.1 Å². The molecule has 0 radical (unpaired) electrons. The highest BCUT2D eigenvalue weighted by Gasteiger charge is 2.31. The summed E-state index contributed by atoms with van der Waals surface area (Å²) < 4.78 is 35.7. The first kappa shape index (κ1) is 17.7. The van der Waals surface area contributed by atoms with Gasteiger partial charge in [-0.1, -0.05) is 36.1 Å². The molecule has 1 fully saturated rings. The molecule has 4 nitrogen and oxygen atoms in total. The zero-order valence-corrected chi connectivity index (χ0v) is 14.2. The van der Waals surface area contributed by atoms with E-state index in [2.05, 4.69) is 4.74 Å². The molecule has 1 saturated heterocycles. The van der Waals surface area contributed by atoms with Crippen LogP contribution in [0.1, 0.15) is 19.4 Å². The summed E-state index contributed by atoms with van der Waals surface area (Å²) in [6.45, 7) is 1.33. The second-order valence-corrected chi connectivity index (χ2v) is 6.09. The number of alkyl halides is 2. The van der Waals surface area contributed by atoms with E-state index in [1.807, 2.05) is 6.92 Å². The number of hydrogen-bond acceptors (Lipinski definition) is 5. The van der Waals surface area contributed by atoms with E-state index in [-0.39, 0.29) is 17.4 Å². The number of para-hydroxylation sites is 1. The lowest BCUT2D eigenvalue weighted by Crippen LogP contribution is -2.27. The van der Waals surface area contributed by atoms with Crippen molar-refractivity contribution in [3.05, 3.63) is 28.7 Å². The second kappa shape index (κ2) is 7.74. The van der Waals surface area contributed by atoms with Gasteiger partial charge in [-0.2, -0.15) is 8.78 Å². The Morgan fingerprint density at radius 1 is 1.39 bits per heavy atom. The van der Waals surface area contributed by atoms with Gasteiger partial charge in [0.2, 0.25) is 0 Å². The summed E-state index contributed by atoms with van der Waals surface area (Å²) in [6, 6.07) is 4.77. The smallest absolute Gasteiger partial charge is 0.387 e. The van der Waals surface area contributed by atoms with E-state index < -0.39 is 6.61 Å². The standard InChI is InChI=1S/C15H15F2NO3S2/c1-3-18-13(19)11(23-15(18)22)8-9-6-5-7-10(20-4-2)12(9)21-14(16)17/h5-8,14H,3-4H2,1-2H3/b11-8-. The van der Waals surface area contributed by atoms with Gasteiger partial charge in [-0.15, -0.1) is 0 Å². The van der Waals surface area contributed by atoms with Crippen molar-refractivity contribution in [1.29, 1.82) is 0 Å². The Morgan fingerprint density at radius 3 is 2.70 bits per heavy atom. The zero-order valence-electron chi connectivity index (χ0n) is 12.5. The molecule has 1 heterocycles. The van der Waals surface area contributed by atoms with Crippen LogP contribution in [0, 0.1) is 0 Å². The maximum atomic E-state index is 12.7. The van der Waals surface area contributed by atoms with E-state index in [0.717, 1.165) is 11.8 Å². The van der Waals surface area contributed by atoms with Crippen molar-refractivity contribution >= 4 is 40.3 Å². The topological polar surface area (TPSA) is 38.8 Å². The average Bonchev–Trinajstić information content (AvgIpc) is 2.76. The number of carbonyl (C=O) groups excluding carboxylic acids is 1. The largest absolute Gasteiger partial charge is 0.490 e. The summed E-state index contributed by atoms with van der Waals surface area (Å²) in [6.07, 6.45) is 1.50. The summed E-state index contributed by atoms with van der Waals surface area (Å²) >= 11 is 6.26. The Kier molecular flexibility index (Phi) is 5.95. The third kappa shape index (κ3) is 4.00. The van der Waals surface area contributed by atoms with Crippen molar-refractivity contribution in [3.8, 4) is 11.5 Å². The maximum Gasteiger partial charge on any atom is 0.387 e. The number of carbonyl (C=O) groups is 1. The first-order chi connectivity index (χ1) is 11.0. The van der Waals surface area contributed by atoms with Crippen LogP contribution < -0.4 is 9.47 Å². The first-order valence-corrected chi connectivity index (χ1v) is 8.16. The third-order valence-corrected chi connectivity index (χ3v) is 4.37. The van der Waals surface area contributed by atoms with Crippen molar-refractivity contribution in [2.75, 3.05) is 13.2 Å². The number of halogens is 2. The summed E-state index contributed by atoms with van der Waals surface area (Å²) in [5.41, 5.74) is 0.341. The number of thiocarbonyl (C=S) groups is 1. The van der Waals surface area contributed by atoms with E-state index in [9.17, 15) is 13.6 Å². The zero-order chi connectivity index (χ0) is 17.0. The van der Waals surface area contributed by atoms with Gasteiger partial charge in [-0.3, -0.25) is 9.69 Å². The van der Waals surface area contributed by atoms with Gasteiger partial charge in [0.25, 0.3) is 5.91 Å². The monoisotopic (exact) mass is 359 g/mol. The Bertz CT molecular complexity index is 650. The van der Waals surface area contributed by atoms with Gasteiger partial charge < -0.3 is 9.47 Å². The van der Waals surface area contributed by atoms with Crippen molar-refractivity contribution in [3.63, 3.8) is 0 Å². The minimum atomic E-state index is -2.99. The van der Waals surface area contributed by atoms with E-state index in [1.165, 1.54) is 17.0 Å². The van der Waals surface area contributed by atoms with Gasteiger partial charge in [0, 0.05) is 12.1 Å². The number of hydrogen-bond donors (Lipinski definition) is 0. The highest BCUT2D eigenvalue weighted by atomic mass is 32.2. The molecule has 1 aliphatic rings.